The summed E-state index contributed by atoms with van der Waals surface area (Å²) in [5.41, 5.74) is 1.20. The summed E-state index contributed by atoms with van der Waals surface area (Å²) in [5.74, 6) is 0.488. The first-order chi connectivity index (χ1) is 16.7. The fourth-order valence-electron chi connectivity index (χ4n) is 4.47. The number of sulfonamides is 1. The molecule has 8 nitrogen and oxygen atoms in total. The molecule has 0 atom stereocenters. The van der Waals surface area contributed by atoms with Crippen molar-refractivity contribution in [1.82, 2.24) is 14.1 Å². The molecule has 11 heteroatoms. The number of amides is 1. The molecule has 2 aromatic rings. The topological polar surface area (TPSA) is 73.4 Å². The Balaban J connectivity index is 1.49. The molecule has 2 heterocycles. The van der Waals surface area contributed by atoms with Crippen LogP contribution >= 0.6 is 23.2 Å². The van der Waals surface area contributed by atoms with Crippen molar-refractivity contribution < 1.29 is 17.9 Å². The molecule has 0 unspecified atom stereocenters. The number of likely N-dealkylation sites (N-methyl/N-ethyl adjacent to an activating group) is 1. The van der Waals surface area contributed by atoms with Gasteiger partial charge in [-0.2, -0.15) is 4.31 Å². The van der Waals surface area contributed by atoms with Crippen LogP contribution in [0.15, 0.2) is 41.3 Å². The van der Waals surface area contributed by atoms with E-state index in [1.807, 2.05) is 0 Å². The number of ether oxygens (including phenoxy) is 1. The second-order valence-corrected chi connectivity index (χ2v) is 11.3. The van der Waals surface area contributed by atoms with Crippen molar-refractivity contribution in [2.75, 3.05) is 70.9 Å². The zero-order valence-electron chi connectivity index (χ0n) is 19.9. The van der Waals surface area contributed by atoms with Crippen LogP contribution in [-0.4, -0.2) is 94.4 Å². The number of benzene rings is 2. The molecule has 2 aliphatic rings. The third kappa shape index (κ3) is 5.54. The van der Waals surface area contributed by atoms with E-state index >= 15 is 0 Å². The maximum absolute atomic E-state index is 13.3. The number of nitrogens with zero attached hydrogens (tertiary/aromatic N) is 4. The van der Waals surface area contributed by atoms with E-state index in [4.69, 9.17) is 27.9 Å². The summed E-state index contributed by atoms with van der Waals surface area (Å²) in [5, 5.41) is 0.747. The van der Waals surface area contributed by atoms with Crippen molar-refractivity contribution in [3.8, 4) is 5.75 Å². The Hall–Kier alpha value is -2.04. The van der Waals surface area contributed by atoms with E-state index in [0.29, 0.717) is 66.3 Å². The van der Waals surface area contributed by atoms with E-state index in [1.165, 1.54) is 0 Å². The Bertz CT molecular complexity index is 1180. The molecule has 0 spiro atoms. The molecule has 2 aromatic carbocycles. The average Bonchev–Trinajstić information content (AvgIpc) is 2.89. The minimum Gasteiger partial charge on any atom is -0.495 e. The van der Waals surface area contributed by atoms with Gasteiger partial charge in [0, 0.05) is 57.9 Å². The Morgan fingerprint density at radius 2 is 1.60 bits per heavy atom. The standard InChI is InChI=1S/C24H30Cl2N4O4S/c1-3-27-8-14-30(15-9-27)35(32,33)19-5-7-23(34-2)22(17-19)28-10-12-29(13-11-28)24(31)18-4-6-20(25)21(26)16-18/h4-7,16-17H,3,8-15H2,1-2H3. The fraction of sp³-hybridized carbons (Fsp3) is 0.458. The predicted octanol–water partition coefficient (Wildman–Crippen LogP) is 3.29. The van der Waals surface area contributed by atoms with Crippen LogP contribution in [0.5, 0.6) is 5.75 Å². The average molecular weight is 542 g/mol. The predicted molar refractivity (Wildman–Crippen MR) is 138 cm³/mol. The zero-order valence-corrected chi connectivity index (χ0v) is 22.2. The molecule has 4 rings (SSSR count). The number of hydrogen-bond acceptors (Lipinski definition) is 6. The van der Waals surface area contributed by atoms with Crippen molar-refractivity contribution in [1.29, 1.82) is 0 Å². The summed E-state index contributed by atoms with van der Waals surface area (Å²) in [7, 11) is -2.04. The first kappa shape index (κ1) is 26.0. The molecule has 0 aliphatic carbocycles. The van der Waals surface area contributed by atoms with E-state index in [-0.39, 0.29) is 10.8 Å². The van der Waals surface area contributed by atoms with Gasteiger partial charge in [0.2, 0.25) is 10.0 Å². The molecular weight excluding hydrogens is 511 g/mol. The Kier molecular flexibility index (Phi) is 8.12. The van der Waals surface area contributed by atoms with E-state index in [9.17, 15) is 13.2 Å². The van der Waals surface area contributed by atoms with Gasteiger partial charge in [-0.1, -0.05) is 30.1 Å². The van der Waals surface area contributed by atoms with E-state index in [2.05, 4.69) is 16.7 Å². The molecule has 0 saturated carbocycles. The molecule has 0 aromatic heterocycles. The molecule has 0 N–H and O–H groups in total. The van der Waals surface area contributed by atoms with Crippen molar-refractivity contribution in [2.24, 2.45) is 0 Å². The monoisotopic (exact) mass is 540 g/mol. The van der Waals surface area contributed by atoms with Crippen LogP contribution in [0, 0.1) is 0 Å². The first-order valence-electron chi connectivity index (χ1n) is 11.6. The van der Waals surface area contributed by atoms with Gasteiger partial charge in [-0.05, 0) is 42.9 Å². The second-order valence-electron chi connectivity index (χ2n) is 8.58. The van der Waals surface area contributed by atoms with Crippen molar-refractivity contribution in [3.05, 3.63) is 52.0 Å². The van der Waals surface area contributed by atoms with Crippen LogP contribution in [0.4, 0.5) is 5.69 Å². The number of rotatable bonds is 6. The lowest BCUT2D eigenvalue weighted by Gasteiger charge is -2.37. The highest BCUT2D eigenvalue weighted by molar-refractivity contribution is 7.89. The highest BCUT2D eigenvalue weighted by atomic mass is 35.5. The molecule has 1 amide bonds. The number of methoxy groups -OCH3 is 1. The minimum absolute atomic E-state index is 0.113. The summed E-state index contributed by atoms with van der Waals surface area (Å²) >= 11 is 12.0. The zero-order chi connectivity index (χ0) is 25.2. The molecule has 35 heavy (non-hydrogen) atoms. The Morgan fingerprint density at radius 1 is 0.914 bits per heavy atom. The maximum Gasteiger partial charge on any atom is 0.254 e. The lowest BCUT2D eigenvalue weighted by molar-refractivity contribution is 0.0746. The van der Waals surface area contributed by atoms with Gasteiger partial charge in [0.15, 0.2) is 0 Å². The van der Waals surface area contributed by atoms with Gasteiger partial charge in [-0.3, -0.25) is 4.79 Å². The number of anilines is 1. The number of piperazine rings is 2. The Labute approximate surface area is 217 Å². The van der Waals surface area contributed by atoms with Crippen LogP contribution in [0.3, 0.4) is 0 Å². The van der Waals surface area contributed by atoms with Crippen LogP contribution in [0.25, 0.3) is 0 Å². The lowest BCUT2D eigenvalue weighted by atomic mass is 10.1. The van der Waals surface area contributed by atoms with Crippen molar-refractivity contribution in [2.45, 2.75) is 11.8 Å². The molecule has 2 aliphatic heterocycles. The molecular formula is C24H30Cl2N4O4S. The second kappa shape index (κ2) is 10.9. The molecule has 190 valence electrons. The third-order valence-electron chi connectivity index (χ3n) is 6.64. The number of hydrogen-bond donors (Lipinski definition) is 0. The van der Waals surface area contributed by atoms with Gasteiger partial charge in [-0.15, -0.1) is 0 Å². The summed E-state index contributed by atoms with van der Waals surface area (Å²) in [6, 6.07) is 9.87. The summed E-state index contributed by atoms with van der Waals surface area (Å²) in [6.07, 6.45) is 0. The number of carbonyl (C=O) groups is 1. The van der Waals surface area contributed by atoms with Gasteiger partial charge in [0.25, 0.3) is 5.91 Å². The van der Waals surface area contributed by atoms with Gasteiger partial charge in [0.1, 0.15) is 5.75 Å². The summed E-state index contributed by atoms with van der Waals surface area (Å²) < 4.78 is 33.8. The number of carbonyl (C=O) groups excluding carboxylic acids is 1. The molecule has 2 saturated heterocycles. The third-order valence-corrected chi connectivity index (χ3v) is 9.27. The van der Waals surface area contributed by atoms with E-state index in [0.717, 1.165) is 19.6 Å². The largest absolute Gasteiger partial charge is 0.495 e. The minimum atomic E-state index is -3.61. The molecule has 2 fully saturated rings. The molecule has 0 radical (unpaired) electrons. The highest BCUT2D eigenvalue weighted by Crippen LogP contribution is 2.33. The summed E-state index contributed by atoms with van der Waals surface area (Å²) in [6.45, 7) is 7.47. The van der Waals surface area contributed by atoms with Crippen LogP contribution in [0.2, 0.25) is 10.0 Å². The van der Waals surface area contributed by atoms with E-state index in [1.54, 1.807) is 52.7 Å². The van der Waals surface area contributed by atoms with Crippen LogP contribution in [0.1, 0.15) is 17.3 Å². The normalized spacial score (nSPS) is 18.1. The smallest absolute Gasteiger partial charge is 0.254 e. The fourth-order valence-corrected chi connectivity index (χ4v) is 6.22. The van der Waals surface area contributed by atoms with Gasteiger partial charge in [0.05, 0.1) is 27.7 Å². The van der Waals surface area contributed by atoms with Crippen molar-refractivity contribution in [3.63, 3.8) is 0 Å². The Morgan fingerprint density at radius 3 is 2.20 bits per heavy atom. The summed E-state index contributed by atoms with van der Waals surface area (Å²) in [4.78, 5) is 19.2. The number of halogens is 2. The highest BCUT2D eigenvalue weighted by Gasteiger charge is 2.30. The van der Waals surface area contributed by atoms with Gasteiger partial charge >= 0.3 is 0 Å². The van der Waals surface area contributed by atoms with E-state index < -0.39 is 10.0 Å². The first-order valence-corrected chi connectivity index (χ1v) is 13.8. The quantitative estimate of drug-likeness (QED) is 0.559. The van der Waals surface area contributed by atoms with Gasteiger partial charge < -0.3 is 19.4 Å². The van der Waals surface area contributed by atoms with Gasteiger partial charge in [-0.25, -0.2) is 8.42 Å². The van der Waals surface area contributed by atoms with Crippen LogP contribution < -0.4 is 9.64 Å². The van der Waals surface area contributed by atoms with Crippen LogP contribution in [-0.2, 0) is 10.0 Å². The molecule has 0 bridgehead atoms. The maximum atomic E-state index is 13.3. The van der Waals surface area contributed by atoms with Crippen molar-refractivity contribution >= 4 is 44.8 Å². The SMILES string of the molecule is CCN1CCN(S(=O)(=O)c2ccc(OC)c(N3CCN(C(=O)c4ccc(Cl)c(Cl)c4)CC3)c2)CC1. The lowest BCUT2D eigenvalue weighted by Crippen LogP contribution is -2.49.